The van der Waals surface area contributed by atoms with Crippen LogP contribution in [0.15, 0.2) is 47.4 Å². The molecule has 1 fully saturated rings. The van der Waals surface area contributed by atoms with Crippen LogP contribution in [0.4, 0.5) is 8.78 Å². The van der Waals surface area contributed by atoms with Crippen LogP contribution in [0.2, 0.25) is 0 Å². The first-order chi connectivity index (χ1) is 16.3. The van der Waals surface area contributed by atoms with Crippen LogP contribution in [0, 0.1) is 25.5 Å². The maximum atomic E-state index is 14.8. The van der Waals surface area contributed by atoms with Gasteiger partial charge in [-0.25, -0.2) is 13.8 Å². The number of fused-ring (bicyclic) bond motifs is 1. The Morgan fingerprint density at radius 2 is 1.91 bits per heavy atom. The molecule has 4 aromatic rings. The second kappa shape index (κ2) is 8.68. The number of aromatic nitrogens is 4. The summed E-state index contributed by atoms with van der Waals surface area (Å²) in [5.74, 6) is -0.906. The Hall–Kier alpha value is -3.52. The topological polar surface area (TPSA) is 69.9 Å². The van der Waals surface area contributed by atoms with Crippen molar-refractivity contribution in [3.63, 3.8) is 0 Å². The lowest BCUT2D eigenvalue weighted by molar-refractivity contribution is 0.00460. The smallest absolute Gasteiger partial charge is 0.263 e. The number of rotatable bonds is 3. The van der Waals surface area contributed by atoms with Crippen LogP contribution in [0.3, 0.4) is 0 Å². The molecule has 2 atom stereocenters. The molecular weight excluding hydrogens is 438 g/mol. The minimum atomic E-state index is -0.773. The second-order valence-corrected chi connectivity index (χ2v) is 8.75. The first-order valence-electron chi connectivity index (χ1n) is 11.2. The van der Waals surface area contributed by atoms with Crippen LogP contribution in [-0.4, -0.2) is 26.1 Å². The van der Waals surface area contributed by atoms with E-state index in [4.69, 9.17) is 9.72 Å². The van der Waals surface area contributed by atoms with Crippen LogP contribution in [0.1, 0.15) is 47.6 Å². The minimum absolute atomic E-state index is 0.0186. The van der Waals surface area contributed by atoms with Gasteiger partial charge in [0.25, 0.3) is 5.56 Å². The first kappa shape index (κ1) is 22.3. The Morgan fingerprint density at radius 1 is 1.09 bits per heavy atom. The van der Waals surface area contributed by atoms with Crippen LogP contribution < -0.4 is 5.56 Å². The van der Waals surface area contributed by atoms with Crippen molar-refractivity contribution in [1.29, 1.82) is 0 Å². The Bertz CT molecular complexity index is 1470. The largest absolute Gasteiger partial charge is 0.373 e. The lowest BCUT2D eigenvalue weighted by atomic mass is 9.88. The maximum absolute atomic E-state index is 14.8. The van der Waals surface area contributed by atoms with Crippen LogP contribution in [-0.2, 0) is 11.8 Å². The van der Waals surface area contributed by atoms with Crippen molar-refractivity contribution < 1.29 is 13.5 Å². The fourth-order valence-electron chi connectivity index (χ4n) is 4.56. The Kier molecular flexibility index (Phi) is 5.69. The molecule has 0 bridgehead atoms. The number of benzene rings is 1. The van der Waals surface area contributed by atoms with Crippen molar-refractivity contribution >= 4 is 10.9 Å². The van der Waals surface area contributed by atoms with Crippen molar-refractivity contribution in [2.24, 2.45) is 7.05 Å². The molecular formula is C26H24F2N4O2. The highest BCUT2D eigenvalue weighted by Crippen LogP contribution is 2.39. The second-order valence-electron chi connectivity index (χ2n) is 8.75. The van der Waals surface area contributed by atoms with Gasteiger partial charge >= 0.3 is 0 Å². The molecule has 0 N–H and O–H groups in total. The summed E-state index contributed by atoms with van der Waals surface area (Å²) in [6.07, 6.45) is 3.05. The van der Waals surface area contributed by atoms with Gasteiger partial charge in [0, 0.05) is 48.8 Å². The molecule has 0 spiro atoms. The molecule has 0 amide bonds. The Morgan fingerprint density at radius 3 is 2.68 bits per heavy atom. The van der Waals surface area contributed by atoms with Crippen molar-refractivity contribution in [3.8, 4) is 11.3 Å². The molecule has 1 aliphatic rings. The van der Waals surface area contributed by atoms with E-state index in [2.05, 4.69) is 9.97 Å². The zero-order valence-corrected chi connectivity index (χ0v) is 19.2. The SMILES string of the molecule is Cc1cc([C@@H]2C[C@H](c3cc4nc(C)n(C)c(=O)c4c(-c4ccc(F)cc4F)n3)CCO2)ccn1. The van der Waals surface area contributed by atoms with Crippen molar-refractivity contribution in [3.05, 3.63) is 87.4 Å². The normalized spacial score (nSPS) is 18.4. The first-order valence-corrected chi connectivity index (χ1v) is 11.2. The van der Waals surface area contributed by atoms with Gasteiger partial charge in [-0.2, -0.15) is 0 Å². The van der Waals surface area contributed by atoms with Crippen molar-refractivity contribution in [2.75, 3.05) is 6.61 Å². The molecule has 8 heteroatoms. The number of aryl methyl sites for hydroxylation is 2. The molecule has 0 saturated carbocycles. The van der Waals surface area contributed by atoms with Crippen molar-refractivity contribution in [2.45, 2.75) is 38.7 Å². The maximum Gasteiger partial charge on any atom is 0.263 e. The highest BCUT2D eigenvalue weighted by molar-refractivity contribution is 5.92. The van der Waals surface area contributed by atoms with Gasteiger partial charge in [0.2, 0.25) is 0 Å². The standard InChI is InChI=1S/C26H24F2N4O2/c1-14-10-17(6-8-29-14)23-11-16(7-9-34-23)21-13-22-24(26(33)32(3)15(2)30-22)25(31-21)19-5-4-18(27)12-20(19)28/h4-6,8,10,12-13,16,23H,7,9,11H2,1-3H3/t16-,23+/m1/s1. The van der Waals surface area contributed by atoms with E-state index in [1.54, 1.807) is 20.2 Å². The highest BCUT2D eigenvalue weighted by atomic mass is 19.1. The van der Waals surface area contributed by atoms with E-state index in [1.807, 2.05) is 25.1 Å². The molecule has 1 aromatic carbocycles. The highest BCUT2D eigenvalue weighted by Gasteiger charge is 2.28. The van der Waals surface area contributed by atoms with Gasteiger partial charge in [-0.15, -0.1) is 0 Å². The molecule has 3 aromatic heterocycles. The van der Waals surface area contributed by atoms with E-state index in [9.17, 15) is 13.6 Å². The van der Waals surface area contributed by atoms with E-state index in [-0.39, 0.29) is 34.2 Å². The Balaban J connectivity index is 1.66. The minimum Gasteiger partial charge on any atom is -0.373 e. The van der Waals surface area contributed by atoms with Crippen LogP contribution >= 0.6 is 0 Å². The summed E-state index contributed by atoms with van der Waals surface area (Å²) < 4.78 is 35.9. The van der Waals surface area contributed by atoms with Gasteiger partial charge in [0.05, 0.1) is 22.7 Å². The molecule has 0 unspecified atom stereocenters. The lowest BCUT2D eigenvalue weighted by Gasteiger charge is -2.30. The molecule has 0 aliphatic carbocycles. The monoisotopic (exact) mass is 462 g/mol. The van der Waals surface area contributed by atoms with E-state index in [1.165, 1.54) is 16.7 Å². The number of ether oxygens (including phenoxy) is 1. The molecule has 0 radical (unpaired) electrons. The molecule has 1 saturated heterocycles. The van der Waals surface area contributed by atoms with E-state index >= 15 is 0 Å². The summed E-state index contributed by atoms with van der Waals surface area (Å²) in [5, 5.41) is 0.218. The summed E-state index contributed by atoms with van der Waals surface area (Å²) in [7, 11) is 1.61. The van der Waals surface area contributed by atoms with E-state index in [0.29, 0.717) is 30.1 Å². The van der Waals surface area contributed by atoms with E-state index in [0.717, 1.165) is 23.7 Å². The lowest BCUT2D eigenvalue weighted by Crippen LogP contribution is -2.23. The number of halogens is 2. The predicted octanol–water partition coefficient (Wildman–Crippen LogP) is 4.92. The molecule has 174 valence electrons. The Labute approximate surface area is 195 Å². The zero-order valence-electron chi connectivity index (χ0n) is 19.2. The average molecular weight is 463 g/mol. The third-order valence-electron chi connectivity index (χ3n) is 6.49. The quantitative estimate of drug-likeness (QED) is 0.432. The summed E-state index contributed by atoms with van der Waals surface area (Å²) >= 11 is 0. The van der Waals surface area contributed by atoms with Crippen LogP contribution in [0.25, 0.3) is 22.2 Å². The third-order valence-corrected chi connectivity index (χ3v) is 6.49. The molecule has 4 heterocycles. The molecule has 6 nitrogen and oxygen atoms in total. The zero-order chi connectivity index (χ0) is 24.0. The summed E-state index contributed by atoms with van der Waals surface area (Å²) in [4.78, 5) is 26.8. The fraction of sp³-hybridized carbons (Fsp3) is 0.308. The van der Waals surface area contributed by atoms with Gasteiger partial charge < -0.3 is 4.74 Å². The molecule has 1 aliphatic heterocycles. The number of pyridine rings is 2. The van der Waals surface area contributed by atoms with Gasteiger partial charge in [-0.1, -0.05) is 0 Å². The van der Waals surface area contributed by atoms with Crippen LogP contribution in [0.5, 0.6) is 0 Å². The van der Waals surface area contributed by atoms with Gasteiger partial charge in [0.15, 0.2) is 0 Å². The van der Waals surface area contributed by atoms with Gasteiger partial charge in [-0.05, 0) is 62.6 Å². The number of hydrogen-bond acceptors (Lipinski definition) is 5. The summed E-state index contributed by atoms with van der Waals surface area (Å²) in [5.41, 5.74) is 3.06. The van der Waals surface area contributed by atoms with E-state index < -0.39 is 11.6 Å². The fourth-order valence-corrected chi connectivity index (χ4v) is 4.56. The van der Waals surface area contributed by atoms with Gasteiger partial charge in [0.1, 0.15) is 17.5 Å². The third kappa shape index (κ3) is 3.98. The molecule has 34 heavy (non-hydrogen) atoms. The summed E-state index contributed by atoms with van der Waals surface area (Å²) in [6.45, 7) is 4.22. The summed E-state index contributed by atoms with van der Waals surface area (Å²) in [6, 6.07) is 9.07. The van der Waals surface area contributed by atoms with Crippen molar-refractivity contribution in [1.82, 2.24) is 19.5 Å². The molecule has 5 rings (SSSR count). The average Bonchev–Trinajstić information content (AvgIpc) is 2.82. The number of nitrogens with zero attached hydrogens (tertiary/aromatic N) is 4. The predicted molar refractivity (Wildman–Crippen MR) is 125 cm³/mol. The van der Waals surface area contributed by atoms with Gasteiger partial charge in [-0.3, -0.25) is 19.3 Å². The number of hydrogen-bond donors (Lipinski definition) is 0.